The van der Waals surface area contributed by atoms with E-state index in [4.69, 9.17) is 13.9 Å². The molecule has 1 aliphatic carbocycles. The van der Waals surface area contributed by atoms with Crippen LogP contribution in [0.1, 0.15) is 33.6 Å². The molecule has 1 N–H and O–H groups in total. The first-order valence-corrected chi connectivity index (χ1v) is 12.2. The Labute approximate surface area is 157 Å². The highest BCUT2D eigenvalue weighted by molar-refractivity contribution is 6.74. The monoisotopic (exact) mass is 387 g/mol. The van der Waals surface area contributed by atoms with Crippen LogP contribution in [0.2, 0.25) is 18.1 Å². The largest absolute Gasteiger partial charge is 0.413 e. The summed E-state index contributed by atoms with van der Waals surface area (Å²) in [6.45, 7) is 14.9. The van der Waals surface area contributed by atoms with Crippen molar-refractivity contribution >= 4 is 8.32 Å². The minimum atomic E-state index is -2.12. The Balaban J connectivity index is 2.42. The fourth-order valence-corrected chi connectivity index (χ4v) is 5.27. The number of rotatable bonds is 6. The van der Waals surface area contributed by atoms with Gasteiger partial charge in [-0.2, -0.15) is 0 Å². The van der Waals surface area contributed by atoms with Crippen molar-refractivity contribution in [3.63, 3.8) is 0 Å². The van der Waals surface area contributed by atoms with Crippen molar-refractivity contribution in [2.45, 2.75) is 69.7 Å². The number of aliphatic hydroxyl groups is 1. The summed E-state index contributed by atoms with van der Waals surface area (Å²) in [5, 5.41) is 21.9. The van der Waals surface area contributed by atoms with Crippen LogP contribution in [0.5, 0.6) is 0 Å². The molecular weight excluding hydrogens is 354 g/mol. The highest BCUT2D eigenvalue weighted by Crippen LogP contribution is 2.48. The molecule has 0 aromatic rings. The van der Waals surface area contributed by atoms with E-state index in [9.17, 15) is 15.2 Å². The van der Waals surface area contributed by atoms with E-state index in [0.29, 0.717) is 26.1 Å². The van der Waals surface area contributed by atoms with E-state index in [1.165, 1.54) is 0 Å². The van der Waals surface area contributed by atoms with Crippen LogP contribution in [-0.2, 0) is 13.9 Å². The first-order chi connectivity index (χ1) is 12.0. The van der Waals surface area contributed by atoms with Gasteiger partial charge in [-0.05, 0) is 30.5 Å². The van der Waals surface area contributed by atoms with Crippen molar-refractivity contribution in [2.24, 2.45) is 11.8 Å². The van der Waals surface area contributed by atoms with Crippen LogP contribution >= 0.6 is 0 Å². The lowest BCUT2D eigenvalue weighted by molar-refractivity contribution is -0.580. The number of allylic oxidation sites excluding steroid dienone is 1. The maximum atomic E-state index is 11.9. The molecule has 1 saturated carbocycles. The first-order valence-electron chi connectivity index (χ1n) is 9.30. The van der Waals surface area contributed by atoms with E-state index in [1.807, 2.05) is 0 Å². The Morgan fingerprint density at radius 1 is 1.35 bits per heavy atom. The van der Waals surface area contributed by atoms with E-state index in [-0.39, 0.29) is 28.6 Å². The van der Waals surface area contributed by atoms with Gasteiger partial charge in [0.1, 0.15) is 0 Å². The summed E-state index contributed by atoms with van der Waals surface area (Å²) in [5.41, 5.74) is 0. The van der Waals surface area contributed by atoms with Crippen LogP contribution in [0.15, 0.2) is 12.7 Å². The van der Waals surface area contributed by atoms with Gasteiger partial charge < -0.3 is 19.0 Å². The van der Waals surface area contributed by atoms with Crippen molar-refractivity contribution in [3.8, 4) is 0 Å². The maximum absolute atomic E-state index is 11.9. The molecule has 1 heterocycles. The molecule has 150 valence electrons. The topological polar surface area (TPSA) is 91.1 Å². The predicted molar refractivity (Wildman–Crippen MR) is 101 cm³/mol. The van der Waals surface area contributed by atoms with Crippen LogP contribution in [0.3, 0.4) is 0 Å². The fraction of sp³-hybridized carbons (Fsp3) is 0.889. The molecule has 8 heteroatoms. The van der Waals surface area contributed by atoms with Gasteiger partial charge in [-0.25, -0.2) is 0 Å². The molecule has 0 radical (unpaired) electrons. The Hall–Kier alpha value is -0.803. The van der Waals surface area contributed by atoms with Crippen LogP contribution < -0.4 is 0 Å². The SMILES string of the molecule is C=CC[C@H]1[C@@H](CO)[C@H]([N+](=O)[O-])C2(C[C@H]1O[Si](C)(C)C(C)(C)C)OCCO2. The summed E-state index contributed by atoms with van der Waals surface area (Å²) in [5.74, 6) is -2.12. The standard InChI is InChI=1S/C18H33NO6Si/c1-7-8-13-14(12-20)16(19(21)22)18(23-9-10-24-18)11-15(13)25-26(5,6)17(2,3)4/h7,13-16,20H,1,8-12H2,2-6H3/t13-,14+,15+,16-/m0/s1. The van der Waals surface area contributed by atoms with Gasteiger partial charge in [0.15, 0.2) is 8.32 Å². The Morgan fingerprint density at radius 2 is 1.92 bits per heavy atom. The lowest BCUT2D eigenvalue weighted by Crippen LogP contribution is -2.64. The summed E-state index contributed by atoms with van der Waals surface area (Å²) >= 11 is 0. The van der Waals surface area contributed by atoms with Gasteiger partial charge in [-0.15, -0.1) is 6.58 Å². The quantitative estimate of drug-likeness (QED) is 0.326. The Morgan fingerprint density at radius 3 is 2.35 bits per heavy atom. The number of hydrogen-bond acceptors (Lipinski definition) is 6. The summed E-state index contributed by atoms with van der Waals surface area (Å²) in [7, 11) is -2.12. The summed E-state index contributed by atoms with van der Waals surface area (Å²) in [6, 6.07) is -1.11. The van der Waals surface area contributed by atoms with Crippen LogP contribution in [0.4, 0.5) is 0 Å². The third-order valence-corrected chi connectivity index (χ3v) is 10.8. The number of aliphatic hydroxyl groups excluding tert-OH is 1. The highest BCUT2D eigenvalue weighted by atomic mass is 28.4. The van der Waals surface area contributed by atoms with Crippen LogP contribution in [-0.4, -0.2) is 56.1 Å². The van der Waals surface area contributed by atoms with Gasteiger partial charge in [-0.1, -0.05) is 26.8 Å². The zero-order valence-electron chi connectivity index (χ0n) is 16.6. The molecule has 1 saturated heterocycles. The lowest BCUT2D eigenvalue weighted by Gasteiger charge is -2.49. The minimum absolute atomic E-state index is 0.00491. The molecule has 1 aliphatic heterocycles. The highest BCUT2D eigenvalue weighted by Gasteiger charge is 2.64. The molecule has 2 fully saturated rings. The maximum Gasteiger partial charge on any atom is 0.271 e. The van der Waals surface area contributed by atoms with E-state index >= 15 is 0 Å². The number of ether oxygens (including phenoxy) is 2. The Kier molecular flexibility index (Phi) is 6.34. The lowest BCUT2D eigenvalue weighted by atomic mass is 9.70. The van der Waals surface area contributed by atoms with Crippen molar-refractivity contribution in [1.82, 2.24) is 0 Å². The fourth-order valence-electron chi connectivity index (χ4n) is 3.90. The zero-order chi connectivity index (χ0) is 19.8. The molecule has 4 atom stereocenters. The van der Waals surface area contributed by atoms with Gasteiger partial charge in [0, 0.05) is 11.3 Å². The second-order valence-corrected chi connectivity index (χ2v) is 13.7. The summed E-state index contributed by atoms with van der Waals surface area (Å²) in [4.78, 5) is 11.5. The molecule has 0 unspecified atom stereocenters. The molecule has 26 heavy (non-hydrogen) atoms. The number of nitrogens with zero attached hydrogens (tertiary/aromatic N) is 1. The third kappa shape index (κ3) is 3.89. The van der Waals surface area contributed by atoms with Crippen LogP contribution in [0.25, 0.3) is 0 Å². The third-order valence-electron chi connectivity index (χ3n) is 6.27. The summed E-state index contributed by atoms with van der Waals surface area (Å²) in [6.07, 6.45) is 2.33. The average Bonchev–Trinajstić information content (AvgIpc) is 2.96. The van der Waals surface area contributed by atoms with Gasteiger partial charge in [0.2, 0.25) is 5.79 Å². The first kappa shape index (κ1) is 21.5. The van der Waals surface area contributed by atoms with Gasteiger partial charge in [-0.3, -0.25) is 10.1 Å². The predicted octanol–water partition coefficient (Wildman–Crippen LogP) is 2.97. The van der Waals surface area contributed by atoms with E-state index in [0.717, 1.165) is 0 Å². The van der Waals surface area contributed by atoms with Crippen molar-refractivity contribution in [3.05, 3.63) is 22.8 Å². The van der Waals surface area contributed by atoms with E-state index in [2.05, 4.69) is 40.4 Å². The molecule has 2 aliphatic rings. The molecule has 2 rings (SSSR count). The second-order valence-electron chi connectivity index (χ2n) is 8.89. The number of nitro groups is 1. The molecule has 0 aromatic carbocycles. The summed E-state index contributed by atoms with van der Waals surface area (Å²) < 4.78 is 18.2. The van der Waals surface area contributed by atoms with E-state index < -0.39 is 26.1 Å². The van der Waals surface area contributed by atoms with Gasteiger partial charge in [0.05, 0.1) is 31.8 Å². The number of hydrogen-bond donors (Lipinski definition) is 1. The molecule has 1 spiro atoms. The van der Waals surface area contributed by atoms with Crippen LogP contribution in [0, 0.1) is 22.0 Å². The van der Waals surface area contributed by atoms with Crippen molar-refractivity contribution in [1.29, 1.82) is 0 Å². The normalized spacial score (nSPS) is 31.9. The van der Waals surface area contributed by atoms with Crippen molar-refractivity contribution < 1.29 is 23.9 Å². The molecule has 7 nitrogen and oxygen atoms in total. The molecule has 0 amide bonds. The zero-order valence-corrected chi connectivity index (χ0v) is 17.6. The minimum Gasteiger partial charge on any atom is -0.413 e. The Bertz CT molecular complexity index is 526. The molecule has 0 bridgehead atoms. The van der Waals surface area contributed by atoms with Crippen molar-refractivity contribution in [2.75, 3.05) is 19.8 Å². The second kappa shape index (κ2) is 7.67. The van der Waals surface area contributed by atoms with Gasteiger partial charge >= 0.3 is 0 Å². The smallest absolute Gasteiger partial charge is 0.271 e. The van der Waals surface area contributed by atoms with Gasteiger partial charge in [0.25, 0.3) is 6.04 Å². The average molecular weight is 388 g/mol. The molecular formula is C18H33NO6Si. The van der Waals surface area contributed by atoms with E-state index in [1.54, 1.807) is 6.08 Å². The molecule has 0 aromatic heterocycles.